The Balaban J connectivity index is 1.77. The maximum atomic E-state index is 12.6. The molecule has 134 valence electrons. The number of ether oxygens (including phenoxy) is 1. The van der Waals surface area contributed by atoms with E-state index in [9.17, 15) is 8.42 Å². The lowest BCUT2D eigenvalue weighted by Crippen LogP contribution is -2.43. The van der Waals surface area contributed by atoms with Gasteiger partial charge in [-0.15, -0.1) is 0 Å². The van der Waals surface area contributed by atoms with Crippen molar-refractivity contribution in [3.63, 3.8) is 0 Å². The molecular formula is C19H24N2O3S. The first-order chi connectivity index (χ1) is 11.9. The molecule has 1 atom stereocenters. The first kappa shape index (κ1) is 17.8. The van der Waals surface area contributed by atoms with Crippen LogP contribution in [0.3, 0.4) is 0 Å². The van der Waals surface area contributed by atoms with E-state index in [4.69, 9.17) is 4.74 Å². The lowest BCUT2D eigenvalue weighted by Gasteiger charge is -2.35. The molecule has 6 heteroatoms. The Hall–Kier alpha value is -2.05. The third kappa shape index (κ3) is 3.96. The largest absolute Gasteiger partial charge is 0.377 e. The molecule has 5 nitrogen and oxygen atoms in total. The molecule has 1 heterocycles. The average molecular weight is 360 g/mol. The fraction of sp³-hybridized carbons (Fsp3) is 0.368. The SMILES string of the molecule is Cc1ccc(S(=O)(=O)Nc2ccc(N3CCOCC3C)cc2)cc1C. The maximum absolute atomic E-state index is 12.6. The van der Waals surface area contributed by atoms with Crippen molar-refractivity contribution in [2.24, 2.45) is 0 Å². The monoisotopic (exact) mass is 360 g/mol. The molecule has 1 N–H and O–H groups in total. The number of hydrogen-bond donors (Lipinski definition) is 1. The number of morpholine rings is 1. The first-order valence-corrected chi connectivity index (χ1v) is 9.90. The summed E-state index contributed by atoms with van der Waals surface area (Å²) in [4.78, 5) is 2.55. The zero-order valence-electron chi connectivity index (χ0n) is 14.8. The number of sulfonamides is 1. The Labute approximate surface area is 149 Å². The van der Waals surface area contributed by atoms with E-state index in [0.29, 0.717) is 24.9 Å². The van der Waals surface area contributed by atoms with Crippen molar-refractivity contribution < 1.29 is 13.2 Å². The zero-order valence-corrected chi connectivity index (χ0v) is 15.6. The van der Waals surface area contributed by atoms with Crippen LogP contribution in [0.15, 0.2) is 47.4 Å². The lowest BCUT2D eigenvalue weighted by atomic mass is 10.1. The number of hydrogen-bond acceptors (Lipinski definition) is 4. The molecule has 1 fully saturated rings. The molecule has 2 aromatic rings. The molecule has 25 heavy (non-hydrogen) atoms. The highest BCUT2D eigenvalue weighted by atomic mass is 32.2. The lowest BCUT2D eigenvalue weighted by molar-refractivity contribution is 0.0989. The fourth-order valence-electron chi connectivity index (χ4n) is 2.93. The van der Waals surface area contributed by atoms with Crippen molar-refractivity contribution in [2.45, 2.75) is 31.7 Å². The summed E-state index contributed by atoms with van der Waals surface area (Å²) < 4.78 is 33.2. The molecule has 0 amide bonds. The molecule has 0 saturated carbocycles. The van der Waals surface area contributed by atoms with Gasteiger partial charge in [-0.05, 0) is 68.3 Å². The van der Waals surface area contributed by atoms with Gasteiger partial charge in [0, 0.05) is 24.0 Å². The van der Waals surface area contributed by atoms with E-state index < -0.39 is 10.0 Å². The Morgan fingerprint density at radius 2 is 1.80 bits per heavy atom. The number of anilines is 2. The molecule has 0 aromatic heterocycles. The molecule has 1 saturated heterocycles. The van der Waals surface area contributed by atoms with Crippen LogP contribution in [-0.2, 0) is 14.8 Å². The van der Waals surface area contributed by atoms with Crippen LogP contribution in [0.4, 0.5) is 11.4 Å². The zero-order chi connectivity index (χ0) is 18.0. The summed E-state index contributed by atoms with van der Waals surface area (Å²) in [6, 6.07) is 13.0. The van der Waals surface area contributed by atoms with Crippen LogP contribution < -0.4 is 9.62 Å². The second-order valence-electron chi connectivity index (χ2n) is 6.52. The van der Waals surface area contributed by atoms with Crippen LogP contribution >= 0.6 is 0 Å². The summed E-state index contributed by atoms with van der Waals surface area (Å²) >= 11 is 0. The van der Waals surface area contributed by atoms with Gasteiger partial charge in [0.05, 0.1) is 18.1 Å². The van der Waals surface area contributed by atoms with Gasteiger partial charge in [-0.2, -0.15) is 0 Å². The van der Waals surface area contributed by atoms with Crippen molar-refractivity contribution in [3.05, 3.63) is 53.6 Å². The van der Waals surface area contributed by atoms with Crippen LogP contribution in [0.5, 0.6) is 0 Å². The highest BCUT2D eigenvalue weighted by Crippen LogP contribution is 2.24. The predicted molar refractivity (Wildman–Crippen MR) is 101 cm³/mol. The Kier molecular flexibility index (Phi) is 5.01. The standard InChI is InChI=1S/C19H24N2O3S/c1-14-4-9-19(12-15(14)2)25(22,23)20-17-5-7-18(8-6-17)21-10-11-24-13-16(21)3/h4-9,12,16,20H,10-11,13H2,1-3H3. The fourth-order valence-corrected chi connectivity index (χ4v) is 4.07. The average Bonchev–Trinajstić information content (AvgIpc) is 2.58. The number of benzene rings is 2. The van der Waals surface area contributed by atoms with Gasteiger partial charge >= 0.3 is 0 Å². The smallest absolute Gasteiger partial charge is 0.261 e. The molecule has 0 aliphatic carbocycles. The summed E-state index contributed by atoms with van der Waals surface area (Å²) in [5.41, 5.74) is 3.66. The van der Waals surface area contributed by atoms with Gasteiger partial charge in [0.15, 0.2) is 0 Å². The van der Waals surface area contributed by atoms with Gasteiger partial charge in [-0.3, -0.25) is 4.72 Å². The maximum Gasteiger partial charge on any atom is 0.261 e. The van der Waals surface area contributed by atoms with Crippen LogP contribution in [-0.4, -0.2) is 34.2 Å². The molecule has 2 aromatic carbocycles. The molecular weight excluding hydrogens is 336 g/mol. The molecule has 1 aliphatic heterocycles. The third-order valence-corrected chi connectivity index (χ3v) is 5.99. The van der Waals surface area contributed by atoms with Crippen molar-refractivity contribution in [1.82, 2.24) is 0 Å². The minimum Gasteiger partial charge on any atom is -0.377 e. The van der Waals surface area contributed by atoms with Crippen LogP contribution in [0.25, 0.3) is 0 Å². The van der Waals surface area contributed by atoms with E-state index in [1.807, 2.05) is 32.0 Å². The summed E-state index contributed by atoms with van der Waals surface area (Å²) in [5.74, 6) is 0. The number of nitrogens with zero attached hydrogens (tertiary/aromatic N) is 1. The Bertz CT molecular complexity index is 847. The van der Waals surface area contributed by atoms with Gasteiger partial charge < -0.3 is 9.64 Å². The van der Waals surface area contributed by atoms with E-state index in [1.54, 1.807) is 24.3 Å². The summed E-state index contributed by atoms with van der Waals surface area (Å²) in [5, 5.41) is 0. The number of aryl methyl sites for hydroxylation is 2. The van der Waals surface area contributed by atoms with E-state index in [1.165, 1.54) is 0 Å². The number of nitrogens with one attached hydrogen (secondary N) is 1. The topological polar surface area (TPSA) is 58.6 Å². The first-order valence-electron chi connectivity index (χ1n) is 8.41. The quantitative estimate of drug-likeness (QED) is 0.909. The second-order valence-corrected chi connectivity index (χ2v) is 8.20. The Morgan fingerprint density at radius 1 is 1.08 bits per heavy atom. The van der Waals surface area contributed by atoms with E-state index in [2.05, 4.69) is 16.5 Å². The van der Waals surface area contributed by atoms with Crippen LogP contribution in [0.1, 0.15) is 18.1 Å². The highest BCUT2D eigenvalue weighted by Gasteiger charge is 2.19. The second kappa shape index (κ2) is 7.06. The predicted octanol–water partition coefficient (Wildman–Crippen LogP) is 3.33. The van der Waals surface area contributed by atoms with E-state index >= 15 is 0 Å². The van der Waals surface area contributed by atoms with E-state index in [0.717, 1.165) is 23.4 Å². The summed E-state index contributed by atoms with van der Waals surface area (Å²) in [7, 11) is -3.58. The summed E-state index contributed by atoms with van der Waals surface area (Å²) in [6.07, 6.45) is 0. The number of rotatable bonds is 4. The molecule has 1 unspecified atom stereocenters. The van der Waals surface area contributed by atoms with E-state index in [-0.39, 0.29) is 4.90 Å². The van der Waals surface area contributed by atoms with Crippen LogP contribution in [0, 0.1) is 13.8 Å². The molecule has 0 radical (unpaired) electrons. The van der Waals surface area contributed by atoms with Gasteiger partial charge in [0.1, 0.15) is 0 Å². The van der Waals surface area contributed by atoms with Gasteiger partial charge in [-0.25, -0.2) is 8.42 Å². The molecule has 3 rings (SSSR count). The minimum absolute atomic E-state index is 0.279. The molecule has 1 aliphatic rings. The highest BCUT2D eigenvalue weighted by molar-refractivity contribution is 7.92. The molecule has 0 bridgehead atoms. The summed E-state index contributed by atoms with van der Waals surface area (Å²) in [6.45, 7) is 8.26. The van der Waals surface area contributed by atoms with Gasteiger partial charge in [0.2, 0.25) is 0 Å². The van der Waals surface area contributed by atoms with Crippen molar-refractivity contribution in [2.75, 3.05) is 29.4 Å². The van der Waals surface area contributed by atoms with Crippen molar-refractivity contribution >= 4 is 21.4 Å². The van der Waals surface area contributed by atoms with Crippen LogP contribution in [0.2, 0.25) is 0 Å². The van der Waals surface area contributed by atoms with Crippen molar-refractivity contribution in [1.29, 1.82) is 0 Å². The normalized spacial score (nSPS) is 18.2. The Morgan fingerprint density at radius 3 is 2.44 bits per heavy atom. The minimum atomic E-state index is -3.58. The molecule has 0 spiro atoms. The van der Waals surface area contributed by atoms with Gasteiger partial charge in [-0.1, -0.05) is 6.07 Å². The third-order valence-electron chi connectivity index (χ3n) is 4.61. The van der Waals surface area contributed by atoms with Crippen molar-refractivity contribution in [3.8, 4) is 0 Å². The van der Waals surface area contributed by atoms with Gasteiger partial charge in [0.25, 0.3) is 10.0 Å².